The first-order chi connectivity index (χ1) is 15.2. The first kappa shape index (κ1) is 23.7. The zero-order chi connectivity index (χ0) is 21.2. The molecule has 2 atom stereocenters. The third-order valence-corrected chi connectivity index (χ3v) is 8.11. The second kappa shape index (κ2) is 10.3. The number of nitrogens with zero attached hydrogens (tertiary/aromatic N) is 1. The molecule has 32 heavy (non-hydrogen) atoms. The molecule has 2 bridgehead atoms. The van der Waals surface area contributed by atoms with Crippen LogP contribution in [0.3, 0.4) is 0 Å². The van der Waals surface area contributed by atoms with Gasteiger partial charge in [-0.15, -0.1) is 0 Å². The van der Waals surface area contributed by atoms with Crippen LogP contribution in [0.1, 0.15) is 44.1 Å². The van der Waals surface area contributed by atoms with E-state index in [-0.39, 0.29) is 23.1 Å². The lowest BCUT2D eigenvalue weighted by atomic mass is 9.80. The minimum atomic E-state index is -0.880. The van der Waals surface area contributed by atoms with Crippen LogP contribution in [0.25, 0.3) is 0 Å². The summed E-state index contributed by atoms with van der Waals surface area (Å²) in [4.78, 5) is 0. The Bertz CT molecular complexity index is 834. The Hall–Kier alpha value is -1.40. The molecule has 0 spiro atoms. The zero-order valence-electron chi connectivity index (χ0n) is 18.9. The molecule has 174 valence electrons. The number of para-hydroxylation sites is 1. The maximum absolute atomic E-state index is 11.8. The van der Waals surface area contributed by atoms with E-state index in [2.05, 4.69) is 12.1 Å². The number of quaternary nitrogens is 1. The Balaban J connectivity index is 0.00000245. The third-order valence-electron chi connectivity index (χ3n) is 8.11. The molecule has 4 aliphatic rings. The minimum Gasteiger partial charge on any atom is -1.00 e. The second-order valence-corrected chi connectivity index (χ2v) is 10.0. The fourth-order valence-electron chi connectivity index (χ4n) is 6.12. The number of ether oxygens (including phenoxy) is 2. The highest BCUT2D eigenvalue weighted by molar-refractivity contribution is 5.24. The number of piperidine rings is 3. The molecule has 5 heteroatoms. The van der Waals surface area contributed by atoms with E-state index in [1.54, 1.807) is 0 Å². The summed E-state index contributed by atoms with van der Waals surface area (Å²) in [6.07, 6.45) is 7.19. The highest BCUT2D eigenvalue weighted by Crippen LogP contribution is 2.42. The van der Waals surface area contributed by atoms with Gasteiger partial charge in [-0.2, -0.15) is 0 Å². The molecule has 0 radical (unpaired) electrons. The molecular formula is C27H36BrNO3. The van der Waals surface area contributed by atoms with Crippen molar-refractivity contribution >= 4 is 0 Å². The van der Waals surface area contributed by atoms with Crippen LogP contribution in [0.2, 0.25) is 0 Å². The lowest BCUT2D eigenvalue weighted by Crippen LogP contribution is -3.00. The van der Waals surface area contributed by atoms with Gasteiger partial charge in [0.1, 0.15) is 24.0 Å². The van der Waals surface area contributed by atoms with Gasteiger partial charge in [-0.05, 0) is 36.5 Å². The summed E-state index contributed by atoms with van der Waals surface area (Å²) in [6, 6.07) is 20.4. The van der Waals surface area contributed by atoms with Gasteiger partial charge in [-0.25, -0.2) is 0 Å². The van der Waals surface area contributed by atoms with Gasteiger partial charge in [0.05, 0.1) is 19.7 Å². The normalized spacial score (nSPS) is 29.3. The van der Waals surface area contributed by atoms with Crippen molar-refractivity contribution in [2.45, 2.75) is 50.2 Å². The molecule has 1 saturated carbocycles. The first-order valence-electron chi connectivity index (χ1n) is 12.1. The van der Waals surface area contributed by atoms with Gasteiger partial charge < -0.3 is 31.6 Å². The molecule has 4 fully saturated rings. The van der Waals surface area contributed by atoms with Gasteiger partial charge in [0.15, 0.2) is 0 Å². The van der Waals surface area contributed by atoms with Gasteiger partial charge in [0.2, 0.25) is 6.73 Å². The van der Waals surface area contributed by atoms with E-state index >= 15 is 0 Å². The molecule has 3 aliphatic heterocycles. The molecule has 1 aliphatic carbocycles. The summed E-state index contributed by atoms with van der Waals surface area (Å²) in [5.74, 6) is 1.85. The maximum atomic E-state index is 11.8. The Morgan fingerprint density at radius 2 is 1.50 bits per heavy atom. The first-order valence-corrected chi connectivity index (χ1v) is 12.1. The van der Waals surface area contributed by atoms with Crippen molar-refractivity contribution < 1.29 is 36.0 Å². The quantitative estimate of drug-likeness (QED) is 0.559. The molecule has 1 unspecified atom stereocenters. The van der Waals surface area contributed by atoms with E-state index in [0.717, 1.165) is 35.2 Å². The van der Waals surface area contributed by atoms with Crippen LogP contribution in [-0.2, 0) is 10.3 Å². The van der Waals surface area contributed by atoms with E-state index in [9.17, 15) is 5.11 Å². The van der Waals surface area contributed by atoms with Crippen molar-refractivity contribution in [2.24, 2.45) is 11.8 Å². The third kappa shape index (κ3) is 4.91. The fourth-order valence-corrected chi connectivity index (χ4v) is 6.12. The molecule has 3 heterocycles. The van der Waals surface area contributed by atoms with E-state index in [1.807, 2.05) is 48.5 Å². The van der Waals surface area contributed by atoms with Crippen LogP contribution in [0.15, 0.2) is 60.7 Å². The Kier molecular flexibility index (Phi) is 7.61. The largest absolute Gasteiger partial charge is 1.00 e. The van der Waals surface area contributed by atoms with Crippen LogP contribution >= 0.6 is 0 Å². The molecule has 2 aromatic carbocycles. The molecule has 1 N–H and O–H groups in total. The Labute approximate surface area is 202 Å². The van der Waals surface area contributed by atoms with E-state index < -0.39 is 5.60 Å². The van der Waals surface area contributed by atoms with Crippen molar-refractivity contribution in [1.29, 1.82) is 0 Å². The number of hydrogen-bond donors (Lipinski definition) is 1. The van der Waals surface area contributed by atoms with Crippen LogP contribution in [0, 0.1) is 11.8 Å². The highest BCUT2D eigenvalue weighted by atomic mass is 79.9. The van der Waals surface area contributed by atoms with Gasteiger partial charge in [0, 0.05) is 18.8 Å². The van der Waals surface area contributed by atoms with Gasteiger partial charge in [0.25, 0.3) is 0 Å². The predicted molar refractivity (Wildman–Crippen MR) is 122 cm³/mol. The van der Waals surface area contributed by atoms with Crippen LogP contribution in [-0.4, -0.2) is 48.7 Å². The topological polar surface area (TPSA) is 38.7 Å². The fraction of sp³-hybridized carbons (Fsp3) is 0.556. The van der Waals surface area contributed by atoms with Gasteiger partial charge >= 0.3 is 0 Å². The van der Waals surface area contributed by atoms with Crippen molar-refractivity contribution in [1.82, 2.24) is 0 Å². The molecule has 3 saturated heterocycles. The van der Waals surface area contributed by atoms with Crippen molar-refractivity contribution in [2.75, 3.05) is 33.0 Å². The highest BCUT2D eigenvalue weighted by Gasteiger charge is 2.48. The van der Waals surface area contributed by atoms with Gasteiger partial charge in [-0.3, -0.25) is 4.48 Å². The molecule has 2 aromatic rings. The van der Waals surface area contributed by atoms with E-state index in [1.165, 1.54) is 38.8 Å². The maximum Gasteiger partial charge on any atom is 0.224 e. The van der Waals surface area contributed by atoms with Crippen LogP contribution in [0.5, 0.6) is 5.75 Å². The lowest BCUT2D eigenvalue weighted by molar-refractivity contribution is -0.959. The number of rotatable bonds is 8. The molecule has 4 nitrogen and oxygen atoms in total. The van der Waals surface area contributed by atoms with Crippen molar-refractivity contribution in [3.63, 3.8) is 0 Å². The average Bonchev–Trinajstić information content (AvgIpc) is 3.39. The number of hydrogen-bond acceptors (Lipinski definition) is 3. The standard InChI is InChI=1S/C27H36NO3.BrH/c29-27(24-11-7-8-12-24,23-9-3-1-4-10-23)20-30-26-19-28(17-15-22(26)16-18-28)21-31-25-13-5-2-6-14-25;/h1-6,9-10,13-14,22,24,26,29H,7-8,11-12,15-21H2;1H/q+1;/p-1/t22?,26-,27?,28?;/m1./s1. The molecule has 0 amide bonds. The monoisotopic (exact) mass is 501 g/mol. The van der Waals surface area contributed by atoms with E-state index in [4.69, 9.17) is 9.47 Å². The van der Waals surface area contributed by atoms with Gasteiger partial charge in [-0.1, -0.05) is 61.4 Å². The summed E-state index contributed by atoms with van der Waals surface area (Å²) < 4.78 is 13.8. The number of halogens is 1. The summed E-state index contributed by atoms with van der Waals surface area (Å²) >= 11 is 0. The summed E-state index contributed by atoms with van der Waals surface area (Å²) in [7, 11) is 0. The Morgan fingerprint density at radius 3 is 2.16 bits per heavy atom. The lowest BCUT2D eigenvalue weighted by Gasteiger charge is -2.52. The van der Waals surface area contributed by atoms with Crippen LogP contribution < -0.4 is 21.7 Å². The molecule has 6 rings (SSSR count). The minimum absolute atomic E-state index is 0. The SMILES string of the molecule is OC(CO[C@@H]1C[N+]2(COc3ccccc3)CCC1CC2)(c1ccccc1)C1CCCC1.[Br-]. The average molecular weight is 502 g/mol. The van der Waals surface area contributed by atoms with E-state index in [0.29, 0.717) is 25.2 Å². The van der Waals surface area contributed by atoms with Crippen LogP contribution in [0.4, 0.5) is 0 Å². The molecule has 0 aromatic heterocycles. The van der Waals surface area contributed by atoms with Crippen molar-refractivity contribution in [3.05, 3.63) is 66.2 Å². The number of aliphatic hydroxyl groups is 1. The second-order valence-electron chi connectivity index (χ2n) is 10.0. The number of fused-ring (bicyclic) bond motifs is 3. The molecular weight excluding hydrogens is 466 g/mol. The summed E-state index contributed by atoms with van der Waals surface area (Å²) in [6.45, 7) is 4.45. The summed E-state index contributed by atoms with van der Waals surface area (Å²) in [5.41, 5.74) is 0.134. The number of benzene rings is 2. The zero-order valence-corrected chi connectivity index (χ0v) is 20.5. The predicted octanol–water partition coefficient (Wildman–Crippen LogP) is 1.73. The smallest absolute Gasteiger partial charge is 0.224 e. The van der Waals surface area contributed by atoms with Crippen molar-refractivity contribution in [3.8, 4) is 5.75 Å². The summed E-state index contributed by atoms with van der Waals surface area (Å²) in [5, 5.41) is 11.8. The Morgan fingerprint density at radius 1 is 0.875 bits per heavy atom.